The molecule has 5 nitrogen and oxygen atoms in total. The van der Waals surface area contributed by atoms with Crippen molar-refractivity contribution in [3.63, 3.8) is 0 Å². The fraction of sp³-hybridized carbons (Fsp3) is 0.429. The molecule has 1 amide bonds. The third-order valence-corrected chi connectivity index (χ3v) is 3.81. The largest absolute Gasteiger partial charge is 0.395 e. The summed E-state index contributed by atoms with van der Waals surface area (Å²) in [6, 6.07) is 5.83. The van der Waals surface area contributed by atoms with E-state index < -0.39 is 0 Å². The first-order valence-corrected chi connectivity index (χ1v) is 6.64. The van der Waals surface area contributed by atoms with Crippen molar-refractivity contribution in [3.05, 3.63) is 30.0 Å². The molecule has 100 valence electrons. The molecule has 1 fully saturated rings. The Balaban J connectivity index is 1.87. The highest BCUT2D eigenvalue weighted by molar-refractivity contribution is 5.97. The summed E-state index contributed by atoms with van der Waals surface area (Å²) in [7, 11) is 0. The Kier molecular flexibility index (Phi) is 3.21. The average Bonchev–Trinajstić information content (AvgIpc) is 2.82. The summed E-state index contributed by atoms with van der Waals surface area (Å²) in [5, 5.41) is 17.0. The molecule has 3 rings (SSSR count). The van der Waals surface area contributed by atoms with E-state index in [1.54, 1.807) is 11.1 Å². The van der Waals surface area contributed by atoms with Gasteiger partial charge in [-0.15, -0.1) is 0 Å². The first-order valence-electron chi connectivity index (χ1n) is 6.64. The maximum absolute atomic E-state index is 12.5. The molecule has 5 heteroatoms. The van der Waals surface area contributed by atoms with Crippen LogP contribution in [0.3, 0.4) is 0 Å². The lowest BCUT2D eigenvalue weighted by molar-refractivity contribution is 0.0526. The van der Waals surface area contributed by atoms with E-state index in [-0.39, 0.29) is 18.6 Å². The molecule has 1 aliphatic rings. The van der Waals surface area contributed by atoms with E-state index in [0.717, 1.165) is 23.7 Å². The zero-order chi connectivity index (χ0) is 13.2. The highest BCUT2D eigenvalue weighted by Crippen LogP contribution is 2.26. The average molecular weight is 259 g/mol. The Morgan fingerprint density at radius 3 is 3.00 bits per heavy atom. The number of amides is 1. The van der Waals surface area contributed by atoms with Gasteiger partial charge in [-0.3, -0.25) is 9.89 Å². The molecule has 0 atom stereocenters. The van der Waals surface area contributed by atoms with Gasteiger partial charge in [0.1, 0.15) is 0 Å². The number of carbonyl (C=O) groups is 1. The number of aromatic nitrogens is 2. The summed E-state index contributed by atoms with van der Waals surface area (Å²) in [5.41, 5.74) is 1.51. The minimum absolute atomic E-state index is 0.00440. The summed E-state index contributed by atoms with van der Waals surface area (Å²) in [6.45, 7) is 0.416. The summed E-state index contributed by atoms with van der Waals surface area (Å²) in [5.74, 6) is -0.00440. The monoisotopic (exact) mass is 259 g/mol. The summed E-state index contributed by atoms with van der Waals surface area (Å²) < 4.78 is 0. The van der Waals surface area contributed by atoms with Crippen LogP contribution >= 0.6 is 0 Å². The SMILES string of the molecule is O=C(c1ccc2cn[nH]c2c1)N(CCO)C1CCC1. The van der Waals surface area contributed by atoms with Crippen molar-refractivity contribution in [1.29, 1.82) is 0 Å². The van der Waals surface area contributed by atoms with Gasteiger partial charge in [0.2, 0.25) is 0 Å². The third-order valence-electron chi connectivity index (χ3n) is 3.81. The van der Waals surface area contributed by atoms with Crippen LogP contribution in [0.15, 0.2) is 24.4 Å². The molecule has 1 saturated carbocycles. The molecule has 19 heavy (non-hydrogen) atoms. The van der Waals surface area contributed by atoms with Crippen LogP contribution in [0.5, 0.6) is 0 Å². The number of rotatable bonds is 4. The Hall–Kier alpha value is -1.88. The summed E-state index contributed by atoms with van der Waals surface area (Å²) >= 11 is 0. The molecule has 0 radical (unpaired) electrons. The third kappa shape index (κ3) is 2.21. The molecule has 0 spiro atoms. The predicted molar refractivity (Wildman–Crippen MR) is 71.9 cm³/mol. The Labute approximate surface area is 111 Å². The number of aliphatic hydroxyl groups excluding tert-OH is 1. The molecule has 2 N–H and O–H groups in total. The zero-order valence-corrected chi connectivity index (χ0v) is 10.7. The molecule has 1 heterocycles. The minimum Gasteiger partial charge on any atom is -0.395 e. The van der Waals surface area contributed by atoms with Crippen LogP contribution in [-0.4, -0.2) is 45.3 Å². The predicted octanol–water partition coefficient (Wildman–Crippen LogP) is 1.55. The van der Waals surface area contributed by atoms with Crippen LogP contribution in [0.4, 0.5) is 0 Å². The molecule has 0 bridgehead atoms. The van der Waals surface area contributed by atoms with E-state index in [1.165, 1.54) is 6.42 Å². The maximum atomic E-state index is 12.5. The molecule has 1 aromatic carbocycles. The Morgan fingerprint density at radius 1 is 1.47 bits per heavy atom. The molecule has 0 saturated heterocycles. The van der Waals surface area contributed by atoms with Crippen LogP contribution < -0.4 is 0 Å². The van der Waals surface area contributed by atoms with Gasteiger partial charge < -0.3 is 10.0 Å². The van der Waals surface area contributed by atoms with Crippen LogP contribution in [0.2, 0.25) is 0 Å². The Morgan fingerprint density at radius 2 is 2.32 bits per heavy atom. The van der Waals surface area contributed by atoms with Gasteiger partial charge in [-0.1, -0.05) is 6.07 Å². The number of nitrogens with one attached hydrogen (secondary N) is 1. The highest BCUT2D eigenvalue weighted by atomic mass is 16.3. The second-order valence-corrected chi connectivity index (χ2v) is 4.98. The van der Waals surface area contributed by atoms with Crippen molar-refractivity contribution in [2.75, 3.05) is 13.2 Å². The summed E-state index contributed by atoms with van der Waals surface area (Å²) in [4.78, 5) is 14.3. The maximum Gasteiger partial charge on any atom is 0.254 e. The number of fused-ring (bicyclic) bond motifs is 1. The Bertz CT molecular complexity index is 589. The van der Waals surface area contributed by atoms with Gasteiger partial charge in [0.15, 0.2) is 0 Å². The molecular formula is C14H17N3O2. The lowest BCUT2D eigenvalue weighted by atomic mass is 9.91. The van der Waals surface area contributed by atoms with Crippen molar-refractivity contribution < 1.29 is 9.90 Å². The fourth-order valence-corrected chi connectivity index (χ4v) is 2.49. The van der Waals surface area contributed by atoms with Gasteiger partial charge in [-0.2, -0.15) is 5.10 Å². The van der Waals surface area contributed by atoms with Crippen molar-refractivity contribution in [2.45, 2.75) is 25.3 Å². The second-order valence-electron chi connectivity index (χ2n) is 4.98. The zero-order valence-electron chi connectivity index (χ0n) is 10.7. The number of aromatic amines is 1. The number of hydrogen-bond donors (Lipinski definition) is 2. The van der Waals surface area contributed by atoms with Crippen LogP contribution in [0, 0.1) is 0 Å². The molecular weight excluding hydrogens is 242 g/mol. The highest BCUT2D eigenvalue weighted by Gasteiger charge is 2.29. The van der Waals surface area contributed by atoms with E-state index in [2.05, 4.69) is 10.2 Å². The van der Waals surface area contributed by atoms with E-state index >= 15 is 0 Å². The number of aliphatic hydroxyl groups is 1. The molecule has 0 unspecified atom stereocenters. The number of benzene rings is 1. The van der Waals surface area contributed by atoms with Crippen LogP contribution in [0.1, 0.15) is 29.6 Å². The number of nitrogens with zero attached hydrogens (tertiary/aromatic N) is 2. The number of H-pyrrole nitrogens is 1. The molecule has 2 aromatic rings. The minimum atomic E-state index is -0.00440. The van der Waals surface area contributed by atoms with Gasteiger partial charge in [-0.05, 0) is 31.4 Å². The van der Waals surface area contributed by atoms with Gasteiger partial charge >= 0.3 is 0 Å². The second kappa shape index (κ2) is 5.01. The van der Waals surface area contributed by atoms with E-state index in [0.29, 0.717) is 12.1 Å². The van der Waals surface area contributed by atoms with Crippen molar-refractivity contribution >= 4 is 16.8 Å². The molecule has 1 aromatic heterocycles. The fourth-order valence-electron chi connectivity index (χ4n) is 2.49. The molecule has 1 aliphatic carbocycles. The first kappa shape index (κ1) is 12.2. The van der Waals surface area contributed by atoms with Gasteiger partial charge in [0.05, 0.1) is 18.3 Å². The van der Waals surface area contributed by atoms with Gasteiger partial charge in [0, 0.05) is 23.5 Å². The standard InChI is InChI=1S/C14H17N3O2/c18-7-6-17(12-2-1-3-12)14(19)10-4-5-11-9-15-16-13(11)8-10/h4-5,8-9,12,18H,1-3,6-7H2,(H,15,16). The topological polar surface area (TPSA) is 69.2 Å². The smallest absolute Gasteiger partial charge is 0.254 e. The molecule has 0 aliphatic heterocycles. The van der Waals surface area contributed by atoms with Crippen molar-refractivity contribution in [2.24, 2.45) is 0 Å². The van der Waals surface area contributed by atoms with Crippen molar-refractivity contribution in [3.8, 4) is 0 Å². The summed E-state index contributed by atoms with van der Waals surface area (Å²) in [6.07, 6.45) is 4.98. The van der Waals surface area contributed by atoms with Crippen molar-refractivity contribution in [1.82, 2.24) is 15.1 Å². The first-order chi connectivity index (χ1) is 9.29. The van der Waals surface area contributed by atoms with Crippen LogP contribution in [-0.2, 0) is 0 Å². The van der Waals surface area contributed by atoms with Crippen LogP contribution in [0.25, 0.3) is 10.9 Å². The van der Waals surface area contributed by atoms with E-state index in [4.69, 9.17) is 5.11 Å². The quantitative estimate of drug-likeness (QED) is 0.875. The van der Waals surface area contributed by atoms with E-state index in [1.807, 2.05) is 18.2 Å². The normalized spacial score (nSPS) is 15.4. The van der Waals surface area contributed by atoms with Gasteiger partial charge in [0.25, 0.3) is 5.91 Å². The number of hydrogen-bond acceptors (Lipinski definition) is 3. The van der Waals surface area contributed by atoms with E-state index in [9.17, 15) is 4.79 Å². The lowest BCUT2D eigenvalue weighted by Crippen LogP contribution is -2.45. The lowest BCUT2D eigenvalue weighted by Gasteiger charge is -2.37. The number of carbonyl (C=O) groups excluding carboxylic acids is 1. The van der Waals surface area contributed by atoms with Gasteiger partial charge in [-0.25, -0.2) is 0 Å².